The molecule has 1 aromatic heterocycles. The lowest BCUT2D eigenvalue weighted by atomic mass is 9.76. The SMILES string of the molecule is NCC1(Nc2ccnc3ccccc23)CCC1. The van der Waals surface area contributed by atoms with E-state index in [1.165, 1.54) is 24.6 Å². The van der Waals surface area contributed by atoms with Gasteiger partial charge in [-0.15, -0.1) is 0 Å². The van der Waals surface area contributed by atoms with Gasteiger partial charge in [0, 0.05) is 29.4 Å². The minimum Gasteiger partial charge on any atom is -0.378 e. The normalized spacial score (nSPS) is 17.7. The fourth-order valence-electron chi connectivity index (χ4n) is 2.47. The number of nitrogens with one attached hydrogen (secondary N) is 1. The van der Waals surface area contributed by atoms with Gasteiger partial charge in [0.05, 0.1) is 5.52 Å². The number of anilines is 1. The molecule has 2 aromatic rings. The maximum atomic E-state index is 5.88. The van der Waals surface area contributed by atoms with Gasteiger partial charge in [-0.2, -0.15) is 0 Å². The molecular weight excluding hydrogens is 210 g/mol. The van der Waals surface area contributed by atoms with Crippen LogP contribution in [0, 0.1) is 0 Å². The number of fused-ring (bicyclic) bond motifs is 1. The van der Waals surface area contributed by atoms with Crippen molar-refractivity contribution in [2.24, 2.45) is 5.73 Å². The summed E-state index contributed by atoms with van der Waals surface area (Å²) in [6, 6.07) is 10.2. The van der Waals surface area contributed by atoms with Gasteiger partial charge in [0.25, 0.3) is 0 Å². The van der Waals surface area contributed by atoms with Crippen LogP contribution >= 0.6 is 0 Å². The van der Waals surface area contributed by atoms with Gasteiger partial charge in [-0.05, 0) is 31.4 Å². The lowest BCUT2D eigenvalue weighted by Crippen LogP contribution is -2.51. The molecule has 3 N–H and O–H groups in total. The Morgan fingerprint density at radius 3 is 2.76 bits per heavy atom. The summed E-state index contributed by atoms with van der Waals surface area (Å²) in [5, 5.41) is 4.80. The molecule has 1 aromatic carbocycles. The second-order valence-electron chi connectivity index (χ2n) is 4.84. The van der Waals surface area contributed by atoms with Gasteiger partial charge in [0.15, 0.2) is 0 Å². The summed E-state index contributed by atoms with van der Waals surface area (Å²) in [6.07, 6.45) is 5.46. The van der Waals surface area contributed by atoms with Crippen LogP contribution in [0.5, 0.6) is 0 Å². The molecule has 88 valence electrons. The Balaban J connectivity index is 2.00. The molecule has 0 radical (unpaired) electrons. The molecule has 0 saturated heterocycles. The van der Waals surface area contributed by atoms with Crippen LogP contribution in [-0.2, 0) is 0 Å². The van der Waals surface area contributed by atoms with Crippen molar-refractivity contribution < 1.29 is 0 Å². The first kappa shape index (κ1) is 10.5. The van der Waals surface area contributed by atoms with E-state index < -0.39 is 0 Å². The Labute approximate surface area is 101 Å². The van der Waals surface area contributed by atoms with Crippen LogP contribution in [0.1, 0.15) is 19.3 Å². The highest BCUT2D eigenvalue weighted by Crippen LogP contribution is 2.36. The van der Waals surface area contributed by atoms with E-state index in [9.17, 15) is 0 Å². The number of nitrogens with zero attached hydrogens (tertiary/aromatic N) is 1. The summed E-state index contributed by atoms with van der Waals surface area (Å²) in [5.74, 6) is 0. The third kappa shape index (κ3) is 1.76. The first-order valence-electron chi connectivity index (χ1n) is 6.15. The first-order valence-corrected chi connectivity index (χ1v) is 6.15. The number of hydrogen-bond donors (Lipinski definition) is 2. The van der Waals surface area contributed by atoms with Gasteiger partial charge in [-0.25, -0.2) is 0 Å². The number of pyridine rings is 1. The average molecular weight is 227 g/mol. The monoisotopic (exact) mass is 227 g/mol. The predicted molar refractivity (Wildman–Crippen MR) is 71.0 cm³/mol. The van der Waals surface area contributed by atoms with Crippen molar-refractivity contribution in [1.82, 2.24) is 4.98 Å². The first-order chi connectivity index (χ1) is 8.33. The average Bonchev–Trinajstić information content (AvgIpc) is 2.34. The molecule has 3 nitrogen and oxygen atoms in total. The van der Waals surface area contributed by atoms with Crippen molar-refractivity contribution in [3.05, 3.63) is 36.5 Å². The Morgan fingerprint density at radius 1 is 1.24 bits per heavy atom. The maximum absolute atomic E-state index is 5.88. The molecule has 3 heteroatoms. The summed E-state index contributed by atoms with van der Waals surface area (Å²) in [4.78, 5) is 4.37. The topological polar surface area (TPSA) is 50.9 Å². The van der Waals surface area contributed by atoms with Crippen molar-refractivity contribution in [3.8, 4) is 0 Å². The Bertz CT molecular complexity index is 521. The lowest BCUT2D eigenvalue weighted by Gasteiger charge is -2.42. The zero-order chi connectivity index (χ0) is 11.7. The Hall–Kier alpha value is -1.61. The van der Waals surface area contributed by atoms with E-state index in [1.807, 2.05) is 30.5 Å². The van der Waals surface area contributed by atoms with E-state index in [1.54, 1.807) is 0 Å². The van der Waals surface area contributed by atoms with Crippen molar-refractivity contribution >= 4 is 16.6 Å². The molecule has 1 heterocycles. The van der Waals surface area contributed by atoms with E-state index in [4.69, 9.17) is 5.73 Å². The number of nitrogens with two attached hydrogens (primary N) is 1. The highest BCUT2D eigenvalue weighted by atomic mass is 15.0. The largest absolute Gasteiger partial charge is 0.378 e. The van der Waals surface area contributed by atoms with E-state index in [-0.39, 0.29) is 5.54 Å². The summed E-state index contributed by atoms with van der Waals surface area (Å²) < 4.78 is 0. The van der Waals surface area contributed by atoms with Gasteiger partial charge in [0.2, 0.25) is 0 Å². The summed E-state index contributed by atoms with van der Waals surface area (Å²) in [5.41, 5.74) is 8.18. The van der Waals surface area contributed by atoms with Crippen molar-refractivity contribution in [2.75, 3.05) is 11.9 Å². The third-order valence-electron chi connectivity index (χ3n) is 3.75. The standard InChI is InChI=1S/C14H17N3/c15-10-14(7-3-8-14)17-13-6-9-16-12-5-2-1-4-11(12)13/h1-2,4-6,9H,3,7-8,10,15H2,(H,16,17). The predicted octanol–water partition coefficient (Wildman–Crippen LogP) is 2.53. The van der Waals surface area contributed by atoms with Gasteiger partial charge >= 0.3 is 0 Å². The lowest BCUT2D eigenvalue weighted by molar-refractivity contribution is 0.287. The number of para-hydroxylation sites is 1. The molecule has 17 heavy (non-hydrogen) atoms. The molecule has 1 aliphatic rings. The van der Waals surface area contributed by atoms with Crippen LogP contribution < -0.4 is 11.1 Å². The molecule has 0 aliphatic heterocycles. The molecule has 0 bridgehead atoms. The van der Waals surface area contributed by atoms with Gasteiger partial charge < -0.3 is 11.1 Å². The fourth-order valence-corrected chi connectivity index (χ4v) is 2.47. The van der Waals surface area contributed by atoms with Crippen molar-refractivity contribution in [1.29, 1.82) is 0 Å². The molecule has 0 unspecified atom stereocenters. The smallest absolute Gasteiger partial charge is 0.0722 e. The molecule has 0 spiro atoms. The van der Waals surface area contributed by atoms with Crippen LogP contribution in [-0.4, -0.2) is 17.1 Å². The summed E-state index contributed by atoms with van der Waals surface area (Å²) in [7, 11) is 0. The molecule has 1 saturated carbocycles. The highest BCUT2D eigenvalue weighted by molar-refractivity contribution is 5.91. The van der Waals surface area contributed by atoms with Crippen LogP contribution in [0.4, 0.5) is 5.69 Å². The second kappa shape index (κ2) is 4.00. The van der Waals surface area contributed by atoms with E-state index >= 15 is 0 Å². The number of hydrogen-bond acceptors (Lipinski definition) is 3. The highest BCUT2D eigenvalue weighted by Gasteiger charge is 2.35. The zero-order valence-corrected chi connectivity index (χ0v) is 9.82. The third-order valence-corrected chi connectivity index (χ3v) is 3.75. The zero-order valence-electron chi connectivity index (χ0n) is 9.82. The van der Waals surface area contributed by atoms with Crippen LogP contribution in [0.25, 0.3) is 10.9 Å². The maximum Gasteiger partial charge on any atom is 0.0722 e. The summed E-state index contributed by atoms with van der Waals surface area (Å²) in [6.45, 7) is 0.698. The van der Waals surface area contributed by atoms with Crippen LogP contribution in [0.15, 0.2) is 36.5 Å². The number of aromatic nitrogens is 1. The quantitative estimate of drug-likeness (QED) is 0.847. The molecular formula is C14H17N3. The second-order valence-corrected chi connectivity index (χ2v) is 4.84. The molecule has 0 amide bonds. The van der Waals surface area contributed by atoms with E-state index in [2.05, 4.69) is 16.4 Å². The Morgan fingerprint density at radius 2 is 2.06 bits per heavy atom. The minimum absolute atomic E-state index is 0.115. The van der Waals surface area contributed by atoms with E-state index in [0.717, 1.165) is 11.2 Å². The molecule has 0 atom stereocenters. The minimum atomic E-state index is 0.115. The van der Waals surface area contributed by atoms with Gasteiger partial charge in [-0.3, -0.25) is 4.98 Å². The Kier molecular flexibility index (Phi) is 2.48. The van der Waals surface area contributed by atoms with Gasteiger partial charge in [0.1, 0.15) is 0 Å². The fraction of sp³-hybridized carbons (Fsp3) is 0.357. The van der Waals surface area contributed by atoms with Crippen molar-refractivity contribution in [3.63, 3.8) is 0 Å². The summed E-state index contributed by atoms with van der Waals surface area (Å²) >= 11 is 0. The molecule has 1 fully saturated rings. The van der Waals surface area contributed by atoms with Gasteiger partial charge in [-0.1, -0.05) is 18.2 Å². The number of benzene rings is 1. The van der Waals surface area contributed by atoms with E-state index in [0.29, 0.717) is 6.54 Å². The van der Waals surface area contributed by atoms with Crippen LogP contribution in [0.3, 0.4) is 0 Å². The molecule has 1 aliphatic carbocycles. The van der Waals surface area contributed by atoms with Crippen molar-refractivity contribution in [2.45, 2.75) is 24.8 Å². The number of rotatable bonds is 3. The van der Waals surface area contributed by atoms with Crippen LogP contribution in [0.2, 0.25) is 0 Å². The molecule has 3 rings (SSSR count).